The van der Waals surface area contributed by atoms with Gasteiger partial charge in [-0.1, -0.05) is 6.07 Å². The summed E-state index contributed by atoms with van der Waals surface area (Å²) in [4.78, 5) is 102. The van der Waals surface area contributed by atoms with Crippen LogP contribution >= 0.6 is 0 Å². The lowest BCUT2D eigenvalue weighted by atomic mass is 9.97. The summed E-state index contributed by atoms with van der Waals surface area (Å²) in [6, 6.07) is 13.3. The molecule has 3 aliphatic rings. The van der Waals surface area contributed by atoms with Crippen molar-refractivity contribution in [3.8, 4) is 11.1 Å². The predicted octanol–water partition coefficient (Wildman–Crippen LogP) is 3.33. The van der Waals surface area contributed by atoms with E-state index >= 15 is 0 Å². The Morgan fingerprint density at radius 2 is 1.71 bits per heavy atom. The largest absolute Gasteiger partial charge is 0.384 e. The number of aromatic nitrogens is 2. The standard InChI is InChI=1S/C47H55N11O7/c1-27(2)53-37-23-31(22-33(34(37)24-48)43(61)52-26-35-28(3)21-29(4)54-44(35)62)30-10-12-39(51-25-30)57-19-17-56(18-20-57)16-15-50-40(59)9-6-14-49-36-8-5-7-32-42(36)47(65)58(46(32)64)38-11-13-41(60)55-45(38)63/h5,7-8,10,12,21-25,27,38,48-49,53H,6,9,11,13-20,26H2,1-4H3,(H,50,59)(H,52,61)(H,54,62)(H,55,60,63). The smallest absolute Gasteiger partial charge is 0.264 e. The number of piperidine rings is 1. The lowest BCUT2D eigenvalue weighted by molar-refractivity contribution is -0.136. The molecular weight excluding hydrogens is 831 g/mol. The summed E-state index contributed by atoms with van der Waals surface area (Å²) in [7, 11) is 0. The molecule has 340 valence electrons. The van der Waals surface area contributed by atoms with Crippen LogP contribution in [0.2, 0.25) is 0 Å². The van der Waals surface area contributed by atoms with E-state index in [4.69, 9.17) is 10.4 Å². The van der Waals surface area contributed by atoms with Gasteiger partial charge in [-0.2, -0.15) is 0 Å². The molecule has 1 atom stereocenters. The van der Waals surface area contributed by atoms with Crippen LogP contribution in [0, 0.1) is 19.3 Å². The number of piperazine rings is 1. The Bertz CT molecular complexity index is 2580. The number of imide groups is 2. The topological polar surface area (TPSA) is 242 Å². The van der Waals surface area contributed by atoms with Crippen molar-refractivity contribution < 1.29 is 28.8 Å². The van der Waals surface area contributed by atoms with Crippen LogP contribution in [-0.4, -0.2) is 119 Å². The van der Waals surface area contributed by atoms with Gasteiger partial charge in [-0.3, -0.25) is 48.7 Å². The summed E-state index contributed by atoms with van der Waals surface area (Å²) in [6.45, 7) is 12.3. The highest BCUT2D eigenvalue weighted by Crippen LogP contribution is 2.33. The van der Waals surface area contributed by atoms with Crippen LogP contribution < -0.4 is 37.0 Å². The quantitative estimate of drug-likeness (QED) is 0.0459. The Hall–Kier alpha value is -7.21. The van der Waals surface area contributed by atoms with Crippen molar-refractivity contribution in [3.05, 3.63) is 104 Å². The van der Waals surface area contributed by atoms with E-state index in [1.807, 2.05) is 52.0 Å². The predicted molar refractivity (Wildman–Crippen MR) is 247 cm³/mol. The van der Waals surface area contributed by atoms with Gasteiger partial charge in [-0.15, -0.1) is 0 Å². The first-order valence-electron chi connectivity index (χ1n) is 21.9. The molecule has 5 heterocycles. The zero-order valence-corrected chi connectivity index (χ0v) is 37.1. The van der Waals surface area contributed by atoms with Gasteiger partial charge < -0.3 is 36.6 Å². The van der Waals surface area contributed by atoms with Crippen LogP contribution in [0.15, 0.2) is 59.5 Å². The van der Waals surface area contributed by atoms with Crippen molar-refractivity contribution in [1.29, 1.82) is 5.41 Å². The van der Waals surface area contributed by atoms with Gasteiger partial charge >= 0.3 is 0 Å². The molecule has 0 saturated carbocycles. The average molecular weight is 886 g/mol. The summed E-state index contributed by atoms with van der Waals surface area (Å²) in [5.41, 5.74) is 5.52. The molecule has 2 fully saturated rings. The van der Waals surface area contributed by atoms with Gasteiger partial charge in [0.2, 0.25) is 17.7 Å². The van der Waals surface area contributed by atoms with Crippen LogP contribution in [0.3, 0.4) is 0 Å². The Morgan fingerprint density at radius 3 is 2.40 bits per heavy atom. The molecule has 3 aliphatic heterocycles. The molecule has 0 spiro atoms. The second kappa shape index (κ2) is 20.1. The lowest BCUT2D eigenvalue weighted by Gasteiger charge is -2.35. The lowest BCUT2D eigenvalue weighted by Crippen LogP contribution is -2.54. The molecule has 18 nitrogen and oxygen atoms in total. The van der Waals surface area contributed by atoms with Gasteiger partial charge in [0.1, 0.15) is 11.9 Å². The number of carbonyl (C=O) groups is 6. The molecule has 2 aromatic heterocycles. The van der Waals surface area contributed by atoms with E-state index in [1.165, 1.54) is 6.21 Å². The van der Waals surface area contributed by atoms with Crippen molar-refractivity contribution in [1.82, 2.24) is 35.7 Å². The normalized spacial score (nSPS) is 16.4. The van der Waals surface area contributed by atoms with Crippen LogP contribution in [-0.2, 0) is 20.9 Å². The Balaban J connectivity index is 0.867. The summed E-state index contributed by atoms with van der Waals surface area (Å²) < 4.78 is 0. The Kier molecular flexibility index (Phi) is 14.2. The van der Waals surface area contributed by atoms with Crippen molar-refractivity contribution in [2.24, 2.45) is 0 Å². The minimum Gasteiger partial charge on any atom is -0.384 e. The number of amides is 6. The number of aromatic amines is 1. The number of rotatable bonds is 17. The number of carbonyl (C=O) groups excluding carboxylic acids is 6. The van der Waals surface area contributed by atoms with Gasteiger partial charge in [0.25, 0.3) is 23.3 Å². The number of nitrogens with zero attached hydrogens (tertiary/aromatic N) is 4. The number of aryl methyl sites for hydroxylation is 2. The van der Waals surface area contributed by atoms with E-state index < -0.39 is 35.6 Å². The van der Waals surface area contributed by atoms with Crippen molar-refractivity contribution in [2.75, 3.05) is 61.3 Å². The van der Waals surface area contributed by atoms with Crippen LogP contribution in [0.5, 0.6) is 0 Å². The van der Waals surface area contributed by atoms with Crippen molar-refractivity contribution in [3.63, 3.8) is 0 Å². The maximum atomic E-state index is 13.7. The molecule has 1 unspecified atom stereocenters. The van der Waals surface area contributed by atoms with Crippen molar-refractivity contribution in [2.45, 2.75) is 72.0 Å². The minimum atomic E-state index is -1.04. The van der Waals surface area contributed by atoms with E-state index in [1.54, 1.807) is 30.5 Å². The van der Waals surface area contributed by atoms with E-state index in [9.17, 15) is 33.6 Å². The minimum absolute atomic E-state index is 0.0364. The molecule has 0 aliphatic carbocycles. The molecule has 65 heavy (non-hydrogen) atoms. The second-order valence-corrected chi connectivity index (χ2v) is 16.8. The molecule has 0 bridgehead atoms. The fourth-order valence-corrected chi connectivity index (χ4v) is 8.48. The van der Waals surface area contributed by atoms with Crippen molar-refractivity contribution >= 4 is 58.9 Å². The summed E-state index contributed by atoms with van der Waals surface area (Å²) in [5, 5.41) is 22.8. The molecule has 0 radical (unpaired) electrons. The summed E-state index contributed by atoms with van der Waals surface area (Å²) in [6.07, 6.45) is 3.82. The average Bonchev–Trinajstić information content (AvgIpc) is 3.53. The van der Waals surface area contributed by atoms with Crippen LogP contribution in [0.4, 0.5) is 17.2 Å². The maximum Gasteiger partial charge on any atom is 0.264 e. The SMILES string of the molecule is Cc1cc(C)c(CNC(=O)c2cc(-c3ccc(N4CCN(CCNC(=O)CCCNc5cccc6c5C(=O)N(C5CCC(=O)NC5=O)C6=O)CC4)nc3)cc(NC(C)C)c2C=N)c(=O)[nH]1. The molecule has 18 heteroatoms. The fraction of sp³-hybridized carbons (Fsp3) is 0.383. The van der Waals surface area contributed by atoms with Crippen LogP contribution in [0.1, 0.15) is 93.0 Å². The number of fused-ring (bicyclic) bond motifs is 1. The summed E-state index contributed by atoms with van der Waals surface area (Å²) >= 11 is 0. The zero-order valence-electron chi connectivity index (χ0n) is 37.1. The zero-order chi connectivity index (χ0) is 46.4. The monoisotopic (exact) mass is 885 g/mol. The maximum absolute atomic E-state index is 13.7. The highest BCUT2D eigenvalue weighted by molar-refractivity contribution is 6.25. The number of pyridine rings is 2. The first-order chi connectivity index (χ1) is 31.2. The molecule has 7 rings (SSSR count). The third-order valence-corrected chi connectivity index (χ3v) is 11.8. The number of hydrogen-bond acceptors (Lipinski definition) is 13. The molecule has 2 saturated heterocycles. The van der Waals surface area contributed by atoms with E-state index in [0.717, 1.165) is 59.3 Å². The van der Waals surface area contributed by atoms with E-state index in [0.29, 0.717) is 54.1 Å². The first kappa shape index (κ1) is 45.8. The molecule has 2 aromatic carbocycles. The Morgan fingerprint density at radius 1 is 0.923 bits per heavy atom. The Labute approximate surface area is 376 Å². The number of benzene rings is 2. The van der Waals surface area contributed by atoms with Gasteiger partial charge in [-0.25, -0.2) is 4.98 Å². The number of anilines is 3. The van der Waals surface area contributed by atoms with Gasteiger partial charge in [0.15, 0.2) is 0 Å². The highest BCUT2D eigenvalue weighted by atomic mass is 16.2. The third-order valence-electron chi connectivity index (χ3n) is 11.8. The van der Waals surface area contributed by atoms with E-state index in [2.05, 4.69) is 41.4 Å². The third kappa shape index (κ3) is 10.4. The van der Waals surface area contributed by atoms with E-state index in [-0.39, 0.29) is 54.4 Å². The van der Waals surface area contributed by atoms with Gasteiger partial charge in [-0.05, 0) is 94.1 Å². The van der Waals surface area contributed by atoms with Crippen LogP contribution in [0.25, 0.3) is 11.1 Å². The molecular formula is C47H55N11O7. The second-order valence-electron chi connectivity index (χ2n) is 16.8. The number of nitrogens with one attached hydrogen (secondary N) is 7. The van der Waals surface area contributed by atoms with Gasteiger partial charge in [0.05, 0.1) is 16.7 Å². The molecule has 6 amide bonds. The molecule has 7 N–H and O–H groups in total. The highest BCUT2D eigenvalue weighted by Gasteiger charge is 2.45. The first-order valence-corrected chi connectivity index (χ1v) is 21.9. The molecule has 4 aromatic rings. The van der Waals surface area contributed by atoms with Gasteiger partial charge in [0, 0.05) is 117 Å². The fourth-order valence-electron chi connectivity index (χ4n) is 8.48. The summed E-state index contributed by atoms with van der Waals surface area (Å²) in [5.74, 6) is -1.92. The number of hydrogen-bond donors (Lipinski definition) is 7. The number of H-pyrrole nitrogens is 1.